The minimum Gasteiger partial charge on any atom is -0.324 e. The first-order valence-corrected chi connectivity index (χ1v) is 7.56. The lowest BCUT2D eigenvalue weighted by Gasteiger charge is -2.08. The molecule has 0 saturated heterocycles. The third-order valence-corrected chi connectivity index (χ3v) is 3.85. The summed E-state index contributed by atoms with van der Waals surface area (Å²) >= 11 is 0. The van der Waals surface area contributed by atoms with Gasteiger partial charge in [0.1, 0.15) is 6.54 Å². The molecule has 4 aromatic rings. The largest absolute Gasteiger partial charge is 0.324 e. The molecule has 0 radical (unpaired) electrons. The number of nitrogens with zero attached hydrogens (tertiary/aromatic N) is 2. The molecule has 25 heavy (non-hydrogen) atoms. The number of amides is 1. The lowest BCUT2D eigenvalue weighted by Crippen LogP contribution is -2.27. The molecule has 124 valence electrons. The molecule has 3 N–H and O–H groups in total. The minimum absolute atomic E-state index is 0.154. The van der Waals surface area contributed by atoms with E-state index in [1.54, 1.807) is 42.5 Å². The summed E-state index contributed by atoms with van der Waals surface area (Å²) < 4.78 is 1.26. The Morgan fingerprint density at radius 2 is 1.88 bits per heavy atom. The molecule has 0 unspecified atom stereocenters. The summed E-state index contributed by atoms with van der Waals surface area (Å²) in [6.45, 7) is -0.154. The van der Waals surface area contributed by atoms with Crippen LogP contribution in [0.4, 0.5) is 5.69 Å². The number of benzene rings is 2. The van der Waals surface area contributed by atoms with Crippen molar-refractivity contribution in [1.29, 1.82) is 0 Å². The van der Waals surface area contributed by atoms with Crippen LogP contribution in [-0.4, -0.2) is 25.4 Å². The maximum Gasteiger partial charge on any atom is 0.323 e. The van der Waals surface area contributed by atoms with E-state index in [0.29, 0.717) is 27.6 Å². The number of hydrogen-bond donors (Lipinski definition) is 3. The van der Waals surface area contributed by atoms with E-state index < -0.39 is 0 Å². The van der Waals surface area contributed by atoms with Gasteiger partial charge in [-0.2, -0.15) is 0 Å². The molecule has 2 aromatic heterocycles. The van der Waals surface area contributed by atoms with Crippen molar-refractivity contribution in [3.8, 4) is 0 Å². The van der Waals surface area contributed by atoms with Crippen molar-refractivity contribution in [3.63, 3.8) is 0 Å². The Kier molecular flexibility index (Phi) is 3.42. The summed E-state index contributed by atoms with van der Waals surface area (Å²) in [6.07, 6.45) is 1.36. The van der Waals surface area contributed by atoms with Crippen molar-refractivity contribution in [2.45, 2.75) is 6.54 Å². The van der Waals surface area contributed by atoms with E-state index in [1.807, 2.05) is 0 Å². The number of hydrogen-bond acceptors (Lipinski definition) is 4. The van der Waals surface area contributed by atoms with Gasteiger partial charge < -0.3 is 15.3 Å². The van der Waals surface area contributed by atoms with E-state index in [-0.39, 0.29) is 23.7 Å². The average Bonchev–Trinajstić information content (AvgIpc) is 2.97. The second-order valence-corrected chi connectivity index (χ2v) is 5.58. The molecule has 2 heterocycles. The highest BCUT2D eigenvalue weighted by Crippen LogP contribution is 2.14. The van der Waals surface area contributed by atoms with Gasteiger partial charge in [0.05, 0.1) is 28.3 Å². The Balaban J connectivity index is 1.58. The lowest BCUT2D eigenvalue weighted by molar-refractivity contribution is -0.116. The molecule has 0 aliphatic rings. The van der Waals surface area contributed by atoms with Gasteiger partial charge in [0.15, 0.2) is 0 Å². The van der Waals surface area contributed by atoms with Crippen LogP contribution >= 0.6 is 0 Å². The second-order valence-electron chi connectivity index (χ2n) is 5.58. The first-order valence-electron chi connectivity index (χ1n) is 7.56. The topological polar surface area (TPSA) is 113 Å². The van der Waals surface area contributed by atoms with Crippen molar-refractivity contribution in [2.75, 3.05) is 5.32 Å². The monoisotopic (exact) mass is 335 g/mol. The number of rotatable bonds is 3. The first kappa shape index (κ1) is 14.9. The van der Waals surface area contributed by atoms with Crippen LogP contribution in [-0.2, 0) is 11.3 Å². The third-order valence-electron chi connectivity index (χ3n) is 3.85. The van der Waals surface area contributed by atoms with Crippen molar-refractivity contribution in [3.05, 3.63) is 69.6 Å². The number of aromatic nitrogens is 4. The van der Waals surface area contributed by atoms with Crippen LogP contribution in [0.1, 0.15) is 0 Å². The molecular formula is C17H13N5O3. The molecule has 0 fully saturated rings. The van der Waals surface area contributed by atoms with Crippen molar-refractivity contribution in [1.82, 2.24) is 19.5 Å². The predicted molar refractivity (Wildman–Crippen MR) is 93.6 cm³/mol. The number of nitrogens with one attached hydrogen (secondary N) is 3. The van der Waals surface area contributed by atoms with Crippen LogP contribution in [0.3, 0.4) is 0 Å². The number of aromatic amines is 2. The minimum atomic E-state index is -0.364. The van der Waals surface area contributed by atoms with Crippen LogP contribution in [0.15, 0.2) is 58.4 Å². The fourth-order valence-corrected chi connectivity index (χ4v) is 2.68. The van der Waals surface area contributed by atoms with Crippen LogP contribution in [0.25, 0.3) is 21.9 Å². The summed E-state index contributed by atoms with van der Waals surface area (Å²) in [5.41, 5.74) is 1.77. The number of carbonyl (C=O) groups excluding carboxylic acids is 1. The fourth-order valence-electron chi connectivity index (χ4n) is 2.68. The SMILES string of the molecule is O=C(Cn1cnc2ccccc2c1=O)Nc1ccc2[nH]c(=O)[nH]c2c1. The van der Waals surface area contributed by atoms with E-state index in [4.69, 9.17) is 0 Å². The van der Waals surface area contributed by atoms with Gasteiger partial charge in [0.25, 0.3) is 5.56 Å². The molecule has 0 spiro atoms. The summed E-state index contributed by atoms with van der Waals surface area (Å²) in [4.78, 5) is 45.3. The van der Waals surface area contributed by atoms with Gasteiger partial charge in [-0.25, -0.2) is 9.78 Å². The second kappa shape index (κ2) is 5.75. The number of imidazole rings is 1. The highest BCUT2D eigenvalue weighted by molar-refractivity contribution is 5.93. The average molecular weight is 335 g/mol. The van der Waals surface area contributed by atoms with E-state index in [0.717, 1.165) is 0 Å². The summed E-state index contributed by atoms with van der Waals surface area (Å²) in [5, 5.41) is 3.17. The van der Waals surface area contributed by atoms with Crippen LogP contribution in [0.2, 0.25) is 0 Å². The third kappa shape index (κ3) is 2.80. The zero-order chi connectivity index (χ0) is 17.4. The fraction of sp³-hybridized carbons (Fsp3) is 0.0588. The van der Waals surface area contributed by atoms with Crippen molar-refractivity contribution >= 4 is 33.5 Å². The number of anilines is 1. The summed E-state index contributed by atoms with van der Waals surface area (Å²) in [5.74, 6) is -0.364. The summed E-state index contributed by atoms with van der Waals surface area (Å²) in [6, 6.07) is 12.0. The quantitative estimate of drug-likeness (QED) is 0.522. The number of carbonyl (C=O) groups is 1. The summed E-state index contributed by atoms with van der Waals surface area (Å²) in [7, 11) is 0. The van der Waals surface area contributed by atoms with Gasteiger partial charge in [-0.05, 0) is 30.3 Å². The van der Waals surface area contributed by atoms with Gasteiger partial charge in [0, 0.05) is 5.69 Å². The maximum absolute atomic E-state index is 12.4. The first-order chi connectivity index (χ1) is 12.1. The van der Waals surface area contributed by atoms with Crippen molar-refractivity contribution < 1.29 is 4.79 Å². The van der Waals surface area contributed by atoms with Gasteiger partial charge in [-0.3, -0.25) is 14.2 Å². The van der Waals surface area contributed by atoms with E-state index in [2.05, 4.69) is 20.3 Å². The molecule has 4 rings (SSSR count). The van der Waals surface area contributed by atoms with Gasteiger partial charge in [0.2, 0.25) is 5.91 Å². The smallest absolute Gasteiger partial charge is 0.323 e. The zero-order valence-electron chi connectivity index (χ0n) is 12.9. The number of fused-ring (bicyclic) bond motifs is 2. The predicted octanol–water partition coefficient (Wildman–Crippen LogP) is 1.20. The Hall–Kier alpha value is -3.68. The molecule has 2 aromatic carbocycles. The standard InChI is InChI=1S/C17H13N5O3/c23-15(19-10-5-6-13-14(7-10)21-17(25)20-13)8-22-9-18-12-4-2-1-3-11(12)16(22)24/h1-7,9H,8H2,(H,19,23)(H2,20,21,25). The Bertz CT molecular complexity index is 1220. The maximum atomic E-state index is 12.4. The number of H-pyrrole nitrogens is 2. The molecule has 1 amide bonds. The molecule has 0 atom stereocenters. The van der Waals surface area contributed by atoms with Crippen LogP contribution in [0.5, 0.6) is 0 Å². The highest BCUT2D eigenvalue weighted by Gasteiger charge is 2.09. The normalized spacial score (nSPS) is 11.0. The molecule has 0 aliphatic carbocycles. The van der Waals surface area contributed by atoms with Crippen molar-refractivity contribution in [2.24, 2.45) is 0 Å². The molecule has 8 nitrogen and oxygen atoms in total. The van der Waals surface area contributed by atoms with E-state index in [1.165, 1.54) is 10.9 Å². The lowest BCUT2D eigenvalue weighted by atomic mass is 10.2. The highest BCUT2D eigenvalue weighted by atomic mass is 16.2. The van der Waals surface area contributed by atoms with Gasteiger partial charge in [-0.15, -0.1) is 0 Å². The zero-order valence-corrected chi connectivity index (χ0v) is 12.9. The molecule has 0 saturated carbocycles. The van der Waals surface area contributed by atoms with Gasteiger partial charge >= 0.3 is 5.69 Å². The molecule has 8 heteroatoms. The molecular weight excluding hydrogens is 322 g/mol. The van der Waals surface area contributed by atoms with Crippen LogP contribution in [0, 0.1) is 0 Å². The molecule has 0 aliphatic heterocycles. The van der Waals surface area contributed by atoms with Crippen LogP contribution < -0.4 is 16.6 Å². The van der Waals surface area contributed by atoms with E-state index in [9.17, 15) is 14.4 Å². The Morgan fingerprint density at radius 3 is 2.76 bits per heavy atom. The Labute approximate surface area is 140 Å². The van der Waals surface area contributed by atoms with E-state index >= 15 is 0 Å². The number of para-hydroxylation sites is 1. The van der Waals surface area contributed by atoms with Gasteiger partial charge in [-0.1, -0.05) is 12.1 Å². The molecule has 0 bridgehead atoms. The Morgan fingerprint density at radius 1 is 1.08 bits per heavy atom.